The fourth-order valence-corrected chi connectivity index (χ4v) is 13.6. The number of allylic oxidation sites excluding steroid dienone is 2. The Morgan fingerprint density at radius 3 is 1.30 bits per heavy atom. The summed E-state index contributed by atoms with van der Waals surface area (Å²) in [5.74, 6) is 4.44. The fourth-order valence-electron chi connectivity index (χ4n) is 13.6. The van der Waals surface area contributed by atoms with E-state index in [9.17, 15) is 19.2 Å². The lowest BCUT2D eigenvalue weighted by molar-refractivity contribution is -0.118. The van der Waals surface area contributed by atoms with Crippen LogP contribution >= 0.6 is 0 Å². The normalized spacial score (nSPS) is 20.0. The molecule has 0 amide bonds. The van der Waals surface area contributed by atoms with Crippen LogP contribution in [0.25, 0.3) is 66.3 Å². The Morgan fingerprint density at radius 1 is 0.434 bits per heavy atom. The van der Waals surface area contributed by atoms with Gasteiger partial charge in [0.25, 0.3) is 0 Å². The van der Waals surface area contributed by atoms with Gasteiger partial charge in [-0.05, 0) is 185 Å². The number of benzene rings is 6. The first kappa shape index (κ1) is 54.0. The Balaban J connectivity index is 0.000000117. The van der Waals surface area contributed by atoms with Crippen LogP contribution in [0, 0.1) is 58.8 Å². The monoisotopic (exact) mass is 1110 g/mol. The van der Waals surface area contributed by atoms with Crippen molar-refractivity contribution in [3.05, 3.63) is 202 Å². The van der Waals surface area contributed by atoms with Crippen molar-refractivity contribution in [2.24, 2.45) is 17.3 Å². The van der Waals surface area contributed by atoms with Crippen LogP contribution in [0.5, 0.6) is 17.2 Å². The molecular formula is C73H70O10. The number of hydrogen-bond donors (Lipinski definition) is 0. The highest BCUT2D eigenvalue weighted by molar-refractivity contribution is 5.99. The molecule has 10 nitrogen and oxygen atoms in total. The molecule has 83 heavy (non-hydrogen) atoms. The van der Waals surface area contributed by atoms with Crippen LogP contribution in [0.15, 0.2) is 149 Å². The molecule has 0 spiro atoms. The predicted molar refractivity (Wildman–Crippen MR) is 327 cm³/mol. The Kier molecular flexibility index (Phi) is 13.8. The fraction of sp³-hybridized carbons (Fsp3) is 0.342. The first-order valence-corrected chi connectivity index (χ1v) is 29.7. The minimum atomic E-state index is -0.0993. The zero-order chi connectivity index (χ0) is 57.6. The lowest BCUT2D eigenvalue weighted by Crippen LogP contribution is -2.35. The van der Waals surface area contributed by atoms with Gasteiger partial charge in [0.2, 0.25) is 16.3 Å². The van der Waals surface area contributed by atoms with Crippen LogP contribution in [0.3, 0.4) is 0 Å². The third-order valence-corrected chi connectivity index (χ3v) is 18.9. The van der Waals surface area contributed by atoms with Crippen molar-refractivity contribution in [1.29, 1.82) is 0 Å². The molecule has 0 N–H and O–H groups in total. The summed E-state index contributed by atoms with van der Waals surface area (Å²) in [6, 6.07) is 29.4. The van der Waals surface area contributed by atoms with E-state index in [1.165, 1.54) is 66.2 Å². The van der Waals surface area contributed by atoms with Crippen molar-refractivity contribution in [2.75, 3.05) is 0 Å². The maximum absolute atomic E-state index is 13.3. The maximum atomic E-state index is 13.3. The Labute approximate surface area is 483 Å². The van der Waals surface area contributed by atoms with E-state index in [0.29, 0.717) is 92.2 Å². The molecule has 4 atom stereocenters. The van der Waals surface area contributed by atoms with Crippen LogP contribution in [0.2, 0.25) is 0 Å². The number of ether oxygens (including phenoxy) is 3. The molecule has 10 heteroatoms. The van der Waals surface area contributed by atoms with E-state index in [0.717, 1.165) is 93.9 Å². The van der Waals surface area contributed by atoms with Crippen LogP contribution in [-0.4, -0.2) is 18.0 Å². The van der Waals surface area contributed by atoms with Crippen LogP contribution < -0.4 is 30.5 Å². The zero-order valence-electron chi connectivity index (χ0n) is 48.8. The van der Waals surface area contributed by atoms with Crippen molar-refractivity contribution >= 4 is 38.7 Å². The predicted octanol–water partition coefficient (Wildman–Crippen LogP) is 16.4. The molecular weight excluding hydrogens is 1040 g/mol. The molecule has 9 aromatic rings. The quantitative estimate of drug-likeness (QED) is 0.168. The highest BCUT2D eigenvalue weighted by atomic mass is 16.5. The second-order valence-electron chi connectivity index (χ2n) is 25.2. The minimum absolute atomic E-state index is 0.0332. The molecule has 2 fully saturated rings. The van der Waals surface area contributed by atoms with Gasteiger partial charge in [0.05, 0.1) is 32.8 Å². The second kappa shape index (κ2) is 21.2. The number of Topliss-reactive ketones (excluding diaryl/α,β-unsaturated/α-hetero) is 1. The number of aryl methyl sites for hydroxylation is 6. The molecule has 3 aromatic heterocycles. The molecule has 6 aromatic carbocycles. The molecule has 2 saturated carbocycles. The Morgan fingerprint density at radius 2 is 0.843 bits per heavy atom. The van der Waals surface area contributed by atoms with E-state index < -0.39 is 0 Å². The third-order valence-electron chi connectivity index (χ3n) is 18.9. The molecule has 0 bridgehead atoms. The molecule has 15 rings (SSSR count). The van der Waals surface area contributed by atoms with Crippen LogP contribution in [0.4, 0.5) is 0 Å². The Bertz CT molecular complexity index is 4370. The lowest BCUT2D eigenvalue weighted by Gasteiger charge is -2.36. The standard InChI is InChI=1S/C26H24O4.C24H24O3.C23H22O3/c1-14-5-6-16(9-15(14)2)20-13-29-25-17(24(20)28)7-8-22-19(25)10-18-21(27)11-26(3,4)12-23(18)30-22;1-14-7-8-16(11-15(14)2)20-13-26-24-18(23(20)25)9-10-22-19(24)12-17-5-3-4-6-21(17)27-22;1-13-6-7-15(10-14(13)2)19-12-25-23-17(22(19)24)8-9-21-18(23)11-16-4-3-5-20(16)26-21/h5-9,13H,10-12H2,1-4H3;7-11,13,17,21H,3-6,12H2,1-2H3;6-10,12,16,20H,3-5,11H2,1-2H3/t;17-,21-;16-,20-/m.11/s1. The van der Waals surface area contributed by atoms with Crippen molar-refractivity contribution in [1.82, 2.24) is 0 Å². The van der Waals surface area contributed by atoms with E-state index >= 15 is 0 Å². The van der Waals surface area contributed by atoms with E-state index in [1.807, 2.05) is 74.5 Å². The summed E-state index contributed by atoms with van der Waals surface area (Å²) >= 11 is 0. The number of carbonyl (C=O) groups is 1. The Hall–Kier alpha value is -8.24. The molecule has 3 aliphatic heterocycles. The van der Waals surface area contributed by atoms with E-state index in [-0.39, 0.29) is 27.5 Å². The summed E-state index contributed by atoms with van der Waals surface area (Å²) < 4.78 is 36.6. The second-order valence-corrected chi connectivity index (χ2v) is 25.2. The van der Waals surface area contributed by atoms with Gasteiger partial charge in [0, 0.05) is 53.4 Å². The van der Waals surface area contributed by atoms with Crippen molar-refractivity contribution in [2.45, 2.75) is 145 Å². The van der Waals surface area contributed by atoms with Crippen molar-refractivity contribution < 1.29 is 32.3 Å². The first-order valence-electron chi connectivity index (χ1n) is 29.7. The van der Waals surface area contributed by atoms with Gasteiger partial charge in [-0.2, -0.15) is 0 Å². The van der Waals surface area contributed by atoms with Gasteiger partial charge in [0.15, 0.2) is 5.78 Å². The molecule has 0 radical (unpaired) electrons. The molecule has 0 saturated heterocycles. The number of fused-ring (bicyclic) bond motifs is 11. The molecule has 6 heterocycles. The molecule has 422 valence electrons. The smallest absolute Gasteiger partial charge is 0.200 e. The summed E-state index contributed by atoms with van der Waals surface area (Å²) in [7, 11) is 0. The van der Waals surface area contributed by atoms with Crippen molar-refractivity contribution in [3.8, 4) is 50.6 Å². The highest BCUT2D eigenvalue weighted by Gasteiger charge is 2.39. The van der Waals surface area contributed by atoms with Gasteiger partial charge in [-0.1, -0.05) is 74.9 Å². The summed E-state index contributed by atoms with van der Waals surface area (Å²) in [5, 5.41) is 1.82. The molecule has 0 unspecified atom stereocenters. The van der Waals surface area contributed by atoms with Gasteiger partial charge in [-0.15, -0.1) is 0 Å². The first-order chi connectivity index (χ1) is 40.0. The minimum Gasteiger partial charge on any atom is -0.490 e. The molecule has 3 aliphatic carbocycles. The number of rotatable bonds is 3. The van der Waals surface area contributed by atoms with Gasteiger partial charge >= 0.3 is 0 Å². The number of hydrogen-bond acceptors (Lipinski definition) is 10. The highest BCUT2D eigenvalue weighted by Crippen LogP contribution is 2.46. The lowest BCUT2D eigenvalue weighted by atomic mass is 9.74. The van der Waals surface area contributed by atoms with Gasteiger partial charge in [-0.3, -0.25) is 19.2 Å². The summed E-state index contributed by atoms with van der Waals surface area (Å²) in [4.78, 5) is 52.3. The third kappa shape index (κ3) is 9.91. The van der Waals surface area contributed by atoms with Gasteiger partial charge in [-0.25, -0.2) is 0 Å². The number of carbonyl (C=O) groups excluding carboxylic acids is 1. The average molecular weight is 1110 g/mol. The van der Waals surface area contributed by atoms with Crippen LogP contribution in [0.1, 0.15) is 122 Å². The van der Waals surface area contributed by atoms with Crippen LogP contribution in [-0.2, 0) is 24.1 Å². The average Bonchev–Trinajstić information content (AvgIpc) is 4.04. The summed E-state index contributed by atoms with van der Waals surface area (Å²) in [5.41, 5.74) is 17.0. The SMILES string of the molecule is Cc1ccc(-c2coc3c4c(ccc3c2=O)OC2=C(C4)C(=O)CC(C)(C)C2)cc1C.Cc1ccc(-c2coc3c4c(ccc3c2=O)O[C@@H]2CCCC[C@@H]2C4)cc1C.Cc1ccc(-c2coc3c4c(ccc3c2=O)O[C@@H]2CCC[C@@H]2C4)cc1C. The van der Waals surface area contributed by atoms with E-state index in [4.69, 9.17) is 27.5 Å². The largest absolute Gasteiger partial charge is 0.490 e. The maximum Gasteiger partial charge on any atom is 0.200 e. The van der Waals surface area contributed by atoms with E-state index in [1.54, 1.807) is 18.6 Å². The summed E-state index contributed by atoms with van der Waals surface area (Å²) in [6.07, 6.45) is 17.4. The zero-order valence-corrected chi connectivity index (χ0v) is 48.8. The van der Waals surface area contributed by atoms with E-state index in [2.05, 4.69) is 65.8 Å². The molecule has 6 aliphatic rings. The topological polar surface area (TPSA) is 135 Å². The number of ketones is 1. The summed E-state index contributed by atoms with van der Waals surface area (Å²) in [6.45, 7) is 16.5. The van der Waals surface area contributed by atoms with Gasteiger partial charge in [0.1, 0.15) is 70.8 Å². The van der Waals surface area contributed by atoms with Crippen molar-refractivity contribution in [3.63, 3.8) is 0 Å². The van der Waals surface area contributed by atoms with Gasteiger partial charge < -0.3 is 27.5 Å².